The summed E-state index contributed by atoms with van der Waals surface area (Å²) in [5.41, 5.74) is 1.78. The van der Waals surface area contributed by atoms with Crippen LogP contribution >= 0.6 is 23.2 Å². The molecule has 0 fully saturated rings. The molecule has 21 heavy (non-hydrogen) atoms. The van der Waals surface area contributed by atoms with Crippen molar-refractivity contribution in [3.05, 3.63) is 57.1 Å². The molecule has 2 aromatic rings. The van der Waals surface area contributed by atoms with Gasteiger partial charge < -0.3 is 5.73 Å². The lowest BCUT2D eigenvalue weighted by Gasteiger charge is -2.12. The molecule has 0 aliphatic rings. The minimum atomic E-state index is -1.90. The topological polar surface area (TPSA) is 43.1 Å². The van der Waals surface area contributed by atoms with Gasteiger partial charge in [-0.05, 0) is 6.07 Å². The van der Waals surface area contributed by atoms with E-state index in [0.717, 1.165) is 6.07 Å². The summed E-state index contributed by atoms with van der Waals surface area (Å²) in [5, 5.41) is -0.352. The van der Waals surface area contributed by atoms with Crippen LogP contribution in [0.15, 0.2) is 18.2 Å². The van der Waals surface area contributed by atoms with Crippen molar-refractivity contribution >= 4 is 29.1 Å². The number of carbonyl (C=O) groups excluding carboxylic acids is 1. The molecule has 0 heterocycles. The Balaban J connectivity index is 2.89. The van der Waals surface area contributed by atoms with Gasteiger partial charge in [0.2, 0.25) is 0 Å². The Hall–Kier alpha value is -1.79. The molecule has 110 valence electrons. The molecule has 2 N–H and O–H groups in total. The molecule has 0 unspecified atom stereocenters. The van der Waals surface area contributed by atoms with E-state index in [1.165, 1.54) is 12.1 Å². The quantitative estimate of drug-likeness (QED) is 0.643. The number of primary amides is 1. The van der Waals surface area contributed by atoms with Crippen molar-refractivity contribution in [1.82, 2.24) is 0 Å². The van der Waals surface area contributed by atoms with Gasteiger partial charge in [-0.3, -0.25) is 4.79 Å². The number of carbonyl (C=O) groups is 1. The third-order valence-corrected chi connectivity index (χ3v) is 3.55. The number of nitrogens with two attached hydrogens (primary N) is 1. The Morgan fingerprint density at radius 2 is 1.48 bits per heavy atom. The second-order valence-electron chi connectivity index (χ2n) is 3.97. The molecule has 0 aliphatic carbocycles. The molecule has 8 heteroatoms. The molecule has 0 saturated carbocycles. The van der Waals surface area contributed by atoms with Gasteiger partial charge in [0.1, 0.15) is 5.56 Å². The highest BCUT2D eigenvalue weighted by Crippen LogP contribution is 2.38. The monoisotopic (exact) mass is 337 g/mol. The minimum Gasteiger partial charge on any atom is -0.365 e. The fourth-order valence-corrected chi connectivity index (χ4v) is 2.18. The van der Waals surface area contributed by atoms with Gasteiger partial charge >= 0.3 is 0 Å². The molecule has 0 aliphatic heterocycles. The second-order valence-corrected chi connectivity index (χ2v) is 4.76. The second kappa shape index (κ2) is 5.54. The summed E-state index contributed by atoms with van der Waals surface area (Å²) in [6, 6.07) is 3.74. The van der Waals surface area contributed by atoms with E-state index >= 15 is 0 Å². The van der Waals surface area contributed by atoms with E-state index in [0.29, 0.717) is 0 Å². The number of hydrogen-bond donors (Lipinski definition) is 1. The van der Waals surface area contributed by atoms with Crippen LogP contribution in [0.1, 0.15) is 10.4 Å². The highest BCUT2D eigenvalue weighted by atomic mass is 35.5. The van der Waals surface area contributed by atoms with Gasteiger partial charge in [0, 0.05) is 5.56 Å². The first-order valence-corrected chi connectivity index (χ1v) is 6.13. The Bertz CT molecular complexity index is 735. The summed E-state index contributed by atoms with van der Waals surface area (Å²) in [4.78, 5) is 10.9. The molecule has 2 aromatic carbocycles. The summed E-state index contributed by atoms with van der Waals surface area (Å²) in [7, 11) is 0. The Morgan fingerprint density at radius 3 is 1.95 bits per heavy atom. The molecule has 0 radical (unpaired) electrons. The number of rotatable bonds is 2. The predicted molar refractivity (Wildman–Crippen MR) is 70.2 cm³/mol. The largest absolute Gasteiger partial charge is 0.365 e. The van der Waals surface area contributed by atoms with Gasteiger partial charge in [0.15, 0.2) is 23.3 Å². The maximum atomic E-state index is 14.0. The standard InChI is InChI=1S/C13H5Cl2F4NO/c14-5-3-1-2-4(8(5)15)6-9(16)11(18)7(13(20)21)12(19)10(6)17/h1-3H,(H2,20,21). The lowest BCUT2D eigenvalue weighted by atomic mass is 10.0. The van der Waals surface area contributed by atoms with Crippen molar-refractivity contribution in [3.63, 3.8) is 0 Å². The number of amides is 1. The van der Waals surface area contributed by atoms with Crippen LogP contribution in [0.25, 0.3) is 11.1 Å². The smallest absolute Gasteiger partial charge is 0.254 e. The average Bonchev–Trinajstić information content (AvgIpc) is 2.41. The zero-order valence-electron chi connectivity index (χ0n) is 9.99. The third kappa shape index (κ3) is 2.45. The maximum absolute atomic E-state index is 14.0. The van der Waals surface area contributed by atoms with Gasteiger partial charge in [0.05, 0.1) is 15.6 Å². The van der Waals surface area contributed by atoms with Gasteiger partial charge in [-0.15, -0.1) is 0 Å². The molecule has 0 spiro atoms. The molecule has 2 nitrogen and oxygen atoms in total. The number of hydrogen-bond acceptors (Lipinski definition) is 1. The van der Waals surface area contributed by atoms with Crippen molar-refractivity contribution in [2.24, 2.45) is 5.73 Å². The average molecular weight is 338 g/mol. The zero-order valence-corrected chi connectivity index (χ0v) is 11.5. The lowest BCUT2D eigenvalue weighted by Crippen LogP contribution is -2.18. The molecule has 0 aromatic heterocycles. The number of benzene rings is 2. The summed E-state index contributed by atoms with van der Waals surface area (Å²) >= 11 is 11.5. The van der Waals surface area contributed by atoms with Crippen LogP contribution < -0.4 is 5.73 Å². The minimum absolute atomic E-state index is 0.0623. The van der Waals surface area contributed by atoms with E-state index in [4.69, 9.17) is 28.9 Å². The summed E-state index contributed by atoms with van der Waals surface area (Å²) in [5.74, 6) is -9.00. The summed E-state index contributed by atoms with van der Waals surface area (Å²) in [6.45, 7) is 0. The van der Waals surface area contributed by atoms with Crippen molar-refractivity contribution in [2.45, 2.75) is 0 Å². The van der Waals surface area contributed by atoms with Crippen LogP contribution in [0.5, 0.6) is 0 Å². The van der Waals surface area contributed by atoms with Gasteiger partial charge in [0.25, 0.3) is 5.91 Å². The van der Waals surface area contributed by atoms with E-state index in [1.54, 1.807) is 0 Å². The van der Waals surface area contributed by atoms with Crippen LogP contribution in [-0.2, 0) is 0 Å². The van der Waals surface area contributed by atoms with Crippen LogP contribution in [0.3, 0.4) is 0 Å². The molecule has 0 atom stereocenters. The van der Waals surface area contributed by atoms with Crippen LogP contribution in [0.2, 0.25) is 10.0 Å². The normalized spacial score (nSPS) is 10.8. The van der Waals surface area contributed by atoms with Gasteiger partial charge in [-0.25, -0.2) is 17.6 Å². The highest BCUT2D eigenvalue weighted by molar-refractivity contribution is 6.43. The fourth-order valence-electron chi connectivity index (χ4n) is 1.78. The van der Waals surface area contributed by atoms with Crippen molar-refractivity contribution in [1.29, 1.82) is 0 Å². The summed E-state index contributed by atoms with van der Waals surface area (Å²) < 4.78 is 55.4. The molecule has 2 rings (SSSR count). The first-order chi connectivity index (χ1) is 9.77. The van der Waals surface area contributed by atoms with E-state index in [9.17, 15) is 22.4 Å². The molecule has 0 saturated heterocycles. The van der Waals surface area contributed by atoms with Crippen molar-refractivity contribution < 1.29 is 22.4 Å². The van der Waals surface area contributed by atoms with E-state index in [-0.39, 0.29) is 15.6 Å². The van der Waals surface area contributed by atoms with Crippen LogP contribution in [0, 0.1) is 23.3 Å². The Kier molecular flexibility index (Phi) is 4.11. The molecule has 0 bridgehead atoms. The van der Waals surface area contributed by atoms with Crippen molar-refractivity contribution in [2.75, 3.05) is 0 Å². The van der Waals surface area contributed by atoms with Crippen LogP contribution in [0.4, 0.5) is 17.6 Å². The molecule has 1 amide bonds. The third-order valence-electron chi connectivity index (χ3n) is 2.73. The zero-order chi connectivity index (χ0) is 15.9. The molecular formula is C13H5Cl2F4NO. The van der Waals surface area contributed by atoms with E-state index in [2.05, 4.69) is 0 Å². The first-order valence-electron chi connectivity index (χ1n) is 5.37. The van der Waals surface area contributed by atoms with Crippen LogP contribution in [-0.4, -0.2) is 5.91 Å². The lowest BCUT2D eigenvalue weighted by molar-refractivity contribution is 0.0990. The number of halogens is 6. The maximum Gasteiger partial charge on any atom is 0.254 e. The SMILES string of the molecule is NC(=O)c1c(F)c(F)c(-c2cccc(Cl)c2Cl)c(F)c1F. The van der Waals surface area contributed by atoms with E-state index in [1.807, 2.05) is 0 Å². The Morgan fingerprint density at radius 1 is 0.952 bits per heavy atom. The van der Waals surface area contributed by atoms with Gasteiger partial charge in [-0.2, -0.15) is 0 Å². The fraction of sp³-hybridized carbons (Fsp3) is 0. The predicted octanol–water partition coefficient (Wildman–Crippen LogP) is 4.32. The first kappa shape index (κ1) is 15.6. The summed E-state index contributed by atoms with van der Waals surface area (Å²) in [6.07, 6.45) is 0. The Labute approximate surface area is 126 Å². The van der Waals surface area contributed by atoms with E-state index < -0.39 is 40.3 Å². The highest BCUT2D eigenvalue weighted by Gasteiger charge is 2.29. The van der Waals surface area contributed by atoms with Crippen molar-refractivity contribution in [3.8, 4) is 11.1 Å². The van der Waals surface area contributed by atoms with Gasteiger partial charge in [-0.1, -0.05) is 35.3 Å². The molecular weight excluding hydrogens is 333 g/mol.